The van der Waals surface area contributed by atoms with E-state index in [1.807, 2.05) is 42.5 Å². The SMILES string of the molecule is C=CCOc1cccc(NC(=O)CSc2ccc(Cl)cc2)c1. The molecular weight excluding hydrogens is 318 g/mol. The molecule has 0 bridgehead atoms. The van der Waals surface area contributed by atoms with Crippen LogP contribution in [0, 0.1) is 0 Å². The minimum Gasteiger partial charge on any atom is -0.489 e. The van der Waals surface area contributed by atoms with E-state index in [2.05, 4.69) is 11.9 Å². The summed E-state index contributed by atoms with van der Waals surface area (Å²) in [6.45, 7) is 4.03. The van der Waals surface area contributed by atoms with Gasteiger partial charge in [-0.25, -0.2) is 0 Å². The van der Waals surface area contributed by atoms with Gasteiger partial charge in [-0.3, -0.25) is 4.79 Å². The maximum absolute atomic E-state index is 12.0. The van der Waals surface area contributed by atoms with Crippen LogP contribution in [0.2, 0.25) is 5.02 Å². The molecule has 0 aliphatic carbocycles. The van der Waals surface area contributed by atoms with Gasteiger partial charge in [0.25, 0.3) is 0 Å². The molecule has 0 unspecified atom stereocenters. The molecule has 0 aromatic heterocycles. The van der Waals surface area contributed by atoms with Gasteiger partial charge in [0.05, 0.1) is 5.75 Å². The molecule has 2 rings (SSSR count). The predicted molar refractivity (Wildman–Crippen MR) is 92.9 cm³/mol. The van der Waals surface area contributed by atoms with E-state index in [-0.39, 0.29) is 5.91 Å². The van der Waals surface area contributed by atoms with Crippen molar-refractivity contribution in [2.75, 3.05) is 17.7 Å². The predicted octanol–water partition coefficient (Wildman–Crippen LogP) is 4.64. The van der Waals surface area contributed by atoms with E-state index in [4.69, 9.17) is 16.3 Å². The molecule has 0 radical (unpaired) electrons. The summed E-state index contributed by atoms with van der Waals surface area (Å²) in [5, 5.41) is 3.53. The topological polar surface area (TPSA) is 38.3 Å². The molecule has 0 heterocycles. The van der Waals surface area contributed by atoms with E-state index >= 15 is 0 Å². The molecule has 0 fully saturated rings. The van der Waals surface area contributed by atoms with Crippen molar-refractivity contribution >= 4 is 35.0 Å². The minimum absolute atomic E-state index is 0.0687. The summed E-state index contributed by atoms with van der Waals surface area (Å²) in [5.74, 6) is 0.961. The fourth-order valence-electron chi connectivity index (χ4n) is 1.70. The molecule has 1 N–H and O–H groups in total. The normalized spacial score (nSPS) is 10.0. The first-order valence-corrected chi connectivity index (χ1v) is 8.06. The number of carbonyl (C=O) groups is 1. The molecule has 0 atom stereocenters. The Morgan fingerprint density at radius 2 is 2.05 bits per heavy atom. The lowest BCUT2D eigenvalue weighted by atomic mass is 10.3. The van der Waals surface area contributed by atoms with Crippen LogP contribution in [0.3, 0.4) is 0 Å². The number of halogens is 1. The molecule has 0 aliphatic rings. The van der Waals surface area contributed by atoms with Crippen LogP contribution in [0.1, 0.15) is 0 Å². The highest BCUT2D eigenvalue weighted by Gasteiger charge is 2.05. The highest BCUT2D eigenvalue weighted by atomic mass is 35.5. The van der Waals surface area contributed by atoms with Gasteiger partial charge in [-0.1, -0.05) is 30.3 Å². The minimum atomic E-state index is -0.0687. The number of rotatable bonds is 7. The smallest absolute Gasteiger partial charge is 0.234 e. The Bertz CT molecular complexity index is 643. The van der Waals surface area contributed by atoms with Crippen LogP contribution in [-0.4, -0.2) is 18.3 Å². The van der Waals surface area contributed by atoms with Crippen LogP contribution < -0.4 is 10.1 Å². The Labute approximate surface area is 139 Å². The van der Waals surface area contributed by atoms with Crippen molar-refractivity contribution in [2.24, 2.45) is 0 Å². The summed E-state index contributed by atoms with van der Waals surface area (Å²) in [6.07, 6.45) is 1.67. The van der Waals surface area contributed by atoms with E-state index in [0.29, 0.717) is 28.8 Å². The lowest BCUT2D eigenvalue weighted by Gasteiger charge is -2.08. The van der Waals surface area contributed by atoms with Crippen LogP contribution in [0.15, 0.2) is 66.1 Å². The van der Waals surface area contributed by atoms with Crippen LogP contribution in [0.5, 0.6) is 5.75 Å². The van der Waals surface area contributed by atoms with Crippen molar-refractivity contribution in [2.45, 2.75) is 4.90 Å². The van der Waals surface area contributed by atoms with E-state index < -0.39 is 0 Å². The maximum Gasteiger partial charge on any atom is 0.234 e. The van der Waals surface area contributed by atoms with Gasteiger partial charge in [0.1, 0.15) is 12.4 Å². The Kier molecular flexibility index (Phi) is 6.37. The Morgan fingerprint density at radius 1 is 1.27 bits per heavy atom. The molecule has 2 aromatic carbocycles. The first-order valence-electron chi connectivity index (χ1n) is 6.69. The highest BCUT2D eigenvalue weighted by molar-refractivity contribution is 8.00. The van der Waals surface area contributed by atoms with Crippen molar-refractivity contribution in [3.05, 3.63) is 66.2 Å². The zero-order valence-electron chi connectivity index (χ0n) is 11.9. The number of amides is 1. The van der Waals surface area contributed by atoms with Gasteiger partial charge in [-0.15, -0.1) is 11.8 Å². The first-order chi connectivity index (χ1) is 10.7. The third kappa shape index (κ3) is 5.47. The van der Waals surface area contributed by atoms with E-state index in [1.165, 1.54) is 11.8 Å². The van der Waals surface area contributed by atoms with Gasteiger partial charge in [-0.2, -0.15) is 0 Å². The molecule has 0 saturated heterocycles. The number of carbonyl (C=O) groups excluding carboxylic acids is 1. The van der Waals surface area contributed by atoms with Gasteiger partial charge in [0.2, 0.25) is 5.91 Å². The standard InChI is InChI=1S/C17H16ClNO2S/c1-2-10-21-15-5-3-4-14(11-15)19-17(20)12-22-16-8-6-13(18)7-9-16/h2-9,11H,1,10,12H2,(H,19,20). The Hall–Kier alpha value is -1.91. The number of hydrogen-bond acceptors (Lipinski definition) is 3. The largest absolute Gasteiger partial charge is 0.489 e. The maximum atomic E-state index is 12.0. The molecular formula is C17H16ClNO2S. The third-order valence-corrected chi connectivity index (χ3v) is 3.93. The lowest BCUT2D eigenvalue weighted by molar-refractivity contribution is -0.113. The first kappa shape index (κ1) is 16.5. The van der Waals surface area contributed by atoms with E-state index in [1.54, 1.807) is 12.1 Å². The van der Waals surface area contributed by atoms with Crippen LogP contribution in [-0.2, 0) is 4.79 Å². The molecule has 0 spiro atoms. The van der Waals surface area contributed by atoms with Crippen molar-refractivity contribution in [1.29, 1.82) is 0 Å². The molecule has 3 nitrogen and oxygen atoms in total. The number of nitrogens with one attached hydrogen (secondary N) is 1. The van der Waals surface area contributed by atoms with Crippen molar-refractivity contribution < 1.29 is 9.53 Å². The van der Waals surface area contributed by atoms with Crippen LogP contribution in [0.25, 0.3) is 0 Å². The number of ether oxygens (including phenoxy) is 1. The second-order valence-electron chi connectivity index (χ2n) is 4.42. The fraction of sp³-hybridized carbons (Fsp3) is 0.118. The summed E-state index contributed by atoms with van der Waals surface area (Å²) < 4.78 is 5.43. The fourth-order valence-corrected chi connectivity index (χ4v) is 2.52. The second-order valence-corrected chi connectivity index (χ2v) is 5.90. The summed E-state index contributed by atoms with van der Waals surface area (Å²) in [7, 11) is 0. The zero-order chi connectivity index (χ0) is 15.8. The molecule has 22 heavy (non-hydrogen) atoms. The molecule has 5 heteroatoms. The van der Waals surface area contributed by atoms with Crippen molar-refractivity contribution in [3.8, 4) is 5.75 Å². The van der Waals surface area contributed by atoms with Gasteiger partial charge in [-0.05, 0) is 36.4 Å². The van der Waals surface area contributed by atoms with E-state index in [9.17, 15) is 4.79 Å². The van der Waals surface area contributed by atoms with Crippen LogP contribution >= 0.6 is 23.4 Å². The van der Waals surface area contributed by atoms with Gasteiger partial charge in [0, 0.05) is 21.7 Å². The summed E-state index contributed by atoms with van der Waals surface area (Å²) in [6, 6.07) is 14.7. The number of hydrogen-bond donors (Lipinski definition) is 1. The molecule has 2 aromatic rings. The molecule has 0 aliphatic heterocycles. The van der Waals surface area contributed by atoms with Gasteiger partial charge >= 0.3 is 0 Å². The third-order valence-electron chi connectivity index (χ3n) is 2.67. The molecule has 114 valence electrons. The molecule has 1 amide bonds. The summed E-state index contributed by atoms with van der Waals surface area (Å²) >= 11 is 7.29. The zero-order valence-corrected chi connectivity index (χ0v) is 13.5. The Balaban J connectivity index is 1.86. The Morgan fingerprint density at radius 3 is 2.77 bits per heavy atom. The molecule has 0 saturated carbocycles. The monoisotopic (exact) mass is 333 g/mol. The average Bonchev–Trinajstić information content (AvgIpc) is 2.53. The number of anilines is 1. The quantitative estimate of drug-likeness (QED) is 0.592. The summed E-state index contributed by atoms with van der Waals surface area (Å²) in [5.41, 5.74) is 0.711. The average molecular weight is 334 g/mol. The second kappa shape index (κ2) is 8.51. The van der Waals surface area contributed by atoms with Crippen molar-refractivity contribution in [1.82, 2.24) is 0 Å². The van der Waals surface area contributed by atoms with Crippen molar-refractivity contribution in [3.63, 3.8) is 0 Å². The summed E-state index contributed by atoms with van der Waals surface area (Å²) in [4.78, 5) is 13.0. The lowest BCUT2D eigenvalue weighted by Crippen LogP contribution is -2.14. The van der Waals surface area contributed by atoms with E-state index in [0.717, 1.165) is 4.90 Å². The van der Waals surface area contributed by atoms with Gasteiger partial charge in [0.15, 0.2) is 0 Å². The van der Waals surface area contributed by atoms with Crippen LogP contribution in [0.4, 0.5) is 5.69 Å². The number of benzene rings is 2. The van der Waals surface area contributed by atoms with Gasteiger partial charge < -0.3 is 10.1 Å². The number of thioether (sulfide) groups is 1. The highest BCUT2D eigenvalue weighted by Crippen LogP contribution is 2.21.